The molecule has 1 atom stereocenters. The summed E-state index contributed by atoms with van der Waals surface area (Å²) in [6, 6.07) is 8.26. The summed E-state index contributed by atoms with van der Waals surface area (Å²) in [6.07, 6.45) is 3.31. The van der Waals surface area contributed by atoms with Crippen LogP contribution in [0.15, 0.2) is 30.3 Å². The van der Waals surface area contributed by atoms with Gasteiger partial charge in [0.15, 0.2) is 0 Å². The molecule has 2 aromatic rings. The number of halogens is 1. The third-order valence-electron chi connectivity index (χ3n) is 5.19. The number of carbonyl (C=O) groups is 1. The predicted molar refractivity (Wildman–Crippen MR) is 97.6 cm³/mol. The number of amides is 1. The fourth-order valence-electron chi connectivity index (χ4n) is 3.84. The molecule has 0 unspecified atom stereocenters. The van der Waals surface area contributed by atoms with Crippen molar-refractivity contribution in [2.75, 3.05) is 39.3 Å². The van der Waals surface area contributed by atoms with Crippen LogP contribution in [-0.4, -0.2) is 66.1 Å². The minimum Gasteiger partial charge on any atom is -0.375 e. The van der Waals surface area contributed by atoms with E-state index in [0.717, 1.165) is 26.1 Å². The van der Waals surface area contributed by atoms with Gasteiger partial charge in [0.2, 0.25) is 0 Å². The van der Waals surface area contributed by atoms with Crippen molar-refractivity contribution in [3.8, 4) is 0 Å². The standard InChI is InChI=1S/C20H24FN3O2/c21-17-6-3-5-15-7-8-18(22-19(15)17)20(25)24-11-4-12-26-16(14-24)13-23-9-1-2-10-23/h3,5-8,16H,1-2,4,9-14H2/t16-/m0/s1. The smallest absolute Gasteiger partial charge is 0.272 e. The van der Waals surface area contributed by atoms with Crippen LogP contribution in [0.4, 0.5) is 4.39 Å². The molecule has 2 aliphatic heterocycles. The number of ether oxygens (including phenoxy) is 1. The van der Waals surface area contributed by atoms with E-state index in [-0.39, 0.29) is 17.5 Å². The molecule has 6 heteroatoms. The van der Waals surface area contributed by atoms with Gasteiger partial charge in [-0.15, -0.1) is 0 Å². The highest BCUT2D eigenvalue weighted by Crippen LogP contribution is 2.18. The van der Waals surface area contributed by atoms with Crippen LogP contribution in [0, 0.1) is 5.82 Å². The van der Waals surface area contributed by atoms with Crippen LogP contribution >= 0.6 is 0 Å². The molecule has 1 amide bonds. The summed E-state index contributed by atoms with van der Waals surface area (Å²) >= 11 is 0. The maximum absolute atomic E-state index is 14.0. The lowest BCUT2D eigenvalue weighted by molar-refractivity contribution is 0.0296. The zero-order valence-corrected chi connectivity index (χ0v) is 14.9. The van der Waals surface area contributed by atoms with Crippen molar-refractivity contribution in [2.24, 2.45) is 0 Å². The molecule has 1 aromatic heterocycles. The van der Waals surface area contributed by atoms with Crippen molar-refractivity contribution in [2.45, 2.75) is 25.4 Å². The van der Waals surface area contributed by atoms with Gasteiger partial charge in [0.05, 0.1) is 6.10 Å². The third kappa shape index (κ3) is 3.71. The van der Waals surface area contributed by atoms with Crippen molar-refractivity contribution >= 4 is 16.8 Å². The Kier molecular flexibility index (Phi) is 5.13. The van der Waals surface area contributed by atoms with Crippen LogP contribution < -0.4 is 0 Å². The summed E-state index contributed by atoms with van der Waals surface area (Å²) in [4.78, 5) is 21.5. The van der Waals surface area contributed by atoms with Crippen molar-refractivity contribution in [1.29, 1.82) is 0 Å². The Balaban J connectivity index is 1.51. The number of nitrogens with zero attached hydrogens (tertiary/aromatic N) is 3. The number of fused-ring (bicyclic) bond motifs is 1. The lowest BCUT2D eigenvalue weighted by Crippen LogP contribution is -2.42. The molecule has 0 spiro atoms. The fourth-order valence-corrected chi connectivity index (χ4v) is 3.84. The van der Waals surface area contributed by atoms with Gasteiger partial charge >= 0.3 is 0 Å². The lowest BCUT2D eigenvalue weighted by atomic mass is 10.2. The second-order valence-electron chi connectivity index (χ2n) is 7.11. The van der Waals surface area contributed by atoms with E-state index in [9.17, 15) is 9.18 Å². The van der Waals surface area contributed by atoms with E-state index in [1.807, 2.05) is 4.90 Å². The molecule has 1 aromatic carbocycles. The highest BCUT2D eigenvalue weighted by atomic mass is 19.1. The lowest BCUT2D eigenvalue weighted by Gasteiger charge is -2.26. The summed E-state index contributed by atoms with van der Waals surface area (Å²) in [5.74, 6) is -0.546. The Morgan fingerprint density at radius 2 is 2.00 bits per heavy atom. The monoisotopic (exact) mass is 357 g/mol. The molecule has 0 radical (unpaired) electrons. The van der Waals surface area contributed by atoms with Crippen LogP contribution in [0.2, 0.25) is 0 Å². The van der Waals surface area contributed by atoms with Crippen LogP contribution in [0.3, 0.4) is 0 Å². The average Bonchev–Trinajstić information content (AvgIpc) is 3.05. The van der Waals surface area contributed by atoms with E-state index in [1.54, 1.807) is 24.3 Å². The molecule has 4 rings (SSSR count). The zero-order valence-electron chi connectivity index (χ0n) is 14.9. The fraction of sp³-hybridized carbons (Fsp3) is 0.500. The summed E-state index contributed by atoms with van der Waals surface area (Å²) < 4.78 is 20.0. The summed E-state index contributed by atoms with van der Waals surface area (Å²) in [5.41, 5.74) is 0.544. The highest BCUT2D eigenvalue weighted by molar-refractivity contribution is 5.95. The topological polar surface area (TPSA) is 45.7 Å². The maximum atomic E-state index is 14.0. The molecule has 2 saturated heterocycles. The van der Waals surface area contributed by atoms with E-state index in [4.69, 9.17) is 4.74 Å². The molecular formula is C20H24FN3O2. The Morgan fingerprint density at radius 1 is 1.15 bits per heavy atom. The number of pyridine rings is 1. The van der Waals surface area contributed by atoms with Crippen LogP contribution in [0.1, 0.15) is 29.8 Å². The Labute approximate surface area is 152 Å². The number of rotatable bonds is 3. The number of likely N-dealkylation sites (tertiary alicyclic amines) is 1. The van der Waals surface area contributed by atoms with E-state index in [1.165, 1.54) is 18.9 Å². The van der Waals surface area contributed by atoms with Crippen molar-refractivity contribution in [1.82, 2.24) is 14.8 Å². The minimum atomic E-state index is -0.400. The first kappa shape index (κ1) is 17.4. The molecule has 3 heterocycles. The number of para-hydroxylation sites is 1. The molecule has 26 heavy (non-hydrogen) atoms. The van der Waals surface area contributed by atoms with E-state index in [0.29, 0.717) is 30.8 Å². The molecule has 2 fully saturated rings. The predicted octanol–water partition coefficient (Wildman–Crippen LogP) is 2.70. The van der Waals surface area contributed by atoms with Gasteiger partial charge in [-0.3, -0.25) is 4.79 Å². The number of carbonyl (C=O) groups excluding carboxylic acids is 1. The number of hydrogen-bond acceptors (Lipinski definition) is 4. The van der Waals surface area contributed by atoms with Gasteiger partial charge in [-0.2, -0.15) is 0 Å². The number of benzene rings is 1. The molecule has 0 aliphatic carbocycles. The van der Waals surface area contributed by atoms with Crippen molar-refractivity contribution in [3.63, 3.8) is 0 Å². The Bertz CT molecular complexity index is 792. The van der Waals surface area contributed by atoms with Gasteiger partial charge in [0.1, 0.15) is 17.0 Å². The molecular weight excluding hydrogens is 333 g/mol. The average molecular weight is 357 g/mol. The zero-order chi connectivity index (χ0) is 17.9. The van der Waals surface area contributed by atoms with Gasteiger partial charge in [-0.1, -0.05) is 18.2 Å². The molecule has 2 aliphatic rings. The second kappa shape index (κ2) is 7.68. The molecule has 138 valence electrons. The quantitative estimate of drug-likeness (QED) is 0.847. The molecule has 0 saturated carbocycles. The van der Waals surface area contributed by atoms with Gasteiger partial charge in [0.25, 0.3) is 5.91 Å². The maximum Gasteiger partial charge on any atom is 0.272 e. The SMILES string of the molecule is O=C(c1ccc2cccc(F)c2n1)N1CCCO[C@@H](CN2CCCC2)C1. The van der Waals surface area contributed by atoms with Gasteiger partial charge < -0.3 is 14.5 Å². The molecule has 5 nitrogen and oxygen atoms in total. The first-order valence-corrected chi connectivity index (χ1v) is 9.39. The normalized spacial score (nSPS) is 21.9. The summed E-state index contributed by atoms with van der Waals surface area (Å²) in [5, 5.41) is 0.702. The highest BCUT2D eigenvalue weighted by Gasteiger charge is 2.26. The van der Waals surface area contributed by atoms with Crippen LogP contribution in [-0.2, 0) is 4.74 Å². The second-order valence-corrected chi connectivity index (χ2v) is 7.11. The van der Waals surface area contributed by atoms with Crippen molar-refractivity contribution < 1.29 is 13.9 Å². The van der Waals surface area contributed by atoms with Crippen molar-refractivity contribution in [3.05, 3.63) is 41.8 Å². The first-order valence-electron chi connectivity index (χ1n) is 9.39. The molecule has 0 N–H and O–H groups in total. The summed E-state index contributed by atoms with van der Waals surface area (Å²) in [7, 11) is 0. The first-order chi connectivity index (χ1) is 12.7. The summed E-state index contributed by atoms with van der Waals surface area (Å²) in [6.45, 7) is 4.96. The van der Waals surface area contributed by atoms with E-state index in [2.05, 4.69) is 9.88 Å². The Hall–Kier alpha value is -2.05. The van der Waals surface area contributed by atoms with Crippen LogP contribution in [0.25, 0.3) is 10.9 Å². The largest absolute Gasteiger partial charge is 0.375 e. The number of hydrogen-bond donors (Lipinski definition) is 0. The Morgan fingerprint density at radius 3 is 2.85 bits per heavy atom. The molecule has 0 bridgehead atoms. The van der Waals surface area contributed by atoms with Gasteiger partial charge in [-0.05, 0) is 44.5 Å². The minimum absolute atomic E-state index is 0.0248. The van der Waals surface area contributed by atoms with Gasteiger partial charge in [0, 0.05) is 31.6 Å². The van der Waals surface area contributed by atoms with E-state index < -0.39 is 5.82 Å². The van der Waals surface area contributed by atoms with E-state index >= 15 is 0 Å². The van der Waals surface area contributed by atoms with Crippen LogP contribution in [0.5, 0.6) is 0 Å². The van der Waals surface area contributed by atoms with Gasteiger partial charge in [-0.25, -0.2) is 9.37 Å². The third-order valence-corrected chi connectivity index (χ3v) is 5.19. The number of aromatic nitrogens is 1.